The number of nitrogen functional groups attached to an aromatic ring is 1. The number of benzene rings is 8. The van der Waals surface area contributed by atoms with Gasteiger partial charge in [0.25, 0.3) is 11.1 Å². The molecule has 0 saturated heterocycles. The minimum absolute atomic E-state index is 0.0377. The molecule has 422 valence electrons. The summed E-state index contributed by atoms with van der Waals surface area (Å²) in [6, 6.07) is 74.1. The lowest BCUT2D eigenvalue weighted by Gasteiger charge is -2.11. The Morgan fingerprint density at radius 2 is 0.964 bits per heavy atom. The number of rotatable bonds is 16. The normalized spacial score (nSPS) is 10.2. The number of nitrogens with zero attached hydrogens (tertiary/aromatic N) is 5. The van der Waals surface area contributed by atoms with E-state index in [0.717, 1.165) is 70.7 Å². The van der Waals surface area contributed by atoms with Gasteiger partial charge in [-0.05, 0) is 128 Å². The van der Waals surface area contributed by atoms with Crippen molar-refractivity contribution >= 4 is 40.2 Å². The van der Waals surface area contributed by atoms with E-state index in [1.165, 1.54) is 35.1 Å². The molecule has 10 aromatic rings. The van der Waals surface area contributed by atoms with Crippen molar-refractivity contribution in [2.75, 3.05) is 11.1 Å². The molecule has 0 spiro atoms. The quantitative estimate of drug-likeness (QED) is 0.0633. The molecule has 0 fully saturated rings. The van der Waals surface area contributed by atoms with E-state index < -0.39 is 0 Å². The Morgan fingerprint density at radius 3 is 1.42 bits per heavy atom. The molecular weight excluding hydrogens is 1050 g/mol. The van der Waals surface area contributed by atoms with E-state index in [-0.39, 0.29) is 23.4 Å². The van der Waals surface area contributed by atoms with E-state index in [0.29, 0.717) is 34.9 Å². The van der Waals surface area contributed by atoms with Gasteiger partial charge >= 0.3 is 0 Å². The van der Waals surface area contributed by atoms with Gasteiger partial charge in [0.05, 0.1) is 35.3 Å². The number of nitriles is 1. The van der Waals surface area contributed by atoms with Gasteiger partial charge in [-0.25, -0.2) is 9.36 Å². The van der Waals surface area contributed by atoms with Crippen molar-refractivity contribution in [1.82, 2.24) is 19.6 Å². The van der Waals surface area contributed by atoms with Crippen LogP contribution in [0, 0.1) is 32.1 Å². The number of para-hydroxylation sites is 2. The molecule has 10 rings (SSSR count). The van der Waals surface area contributed by atoms with Crippen LogP contribution in [0.3, 0.4) is 0 Å². The zero-order valence-electron chi connectivity index (χ0n) is 48.0. The van der Waals surface area contributed by atoms with E-state index >= 15 is 0 Å². The number of Topliss-reactive ketones (excluding diaryl/α,β-unsaturated/α-hetero) is 1. The number of hydrogen-bond donors (Lipinski definition) is 3. The van der Waals surface area contributed by atoms with Gasteiger partial charge < -0.3 is 16.8 Å². The maximum atomic E-state index is 13.0. The van der Waals surface area contributed by atoms with Gasteiger partial charge in [-0.2, -0.15) is 15.5 Å². The van der Waals surface area contributed by atoms with Gasteiger partial charge in [0.2, 0.25) is 0 Å². The molecule has 0 aliphatic rings. The number of anilines is 2. The molecule has 2 aromatic heterocycles. The summed E-state index contributed by atoms with van der Waals surface area (Å²) in [6.45, 7) is 11.2. The first-order valence-corrected chi connectivity index (χ1v) is 28.3. The Hall–Kier alpha value is -9.47. The molecule has 83 heavy (non-hydrogen) atoms. The highest BCUT2D eigenvalue weighted by Crippen LogP contribution is 2.28. The summed E-state index contributed by atoms with van der Waals surface area (Å²) in [7, 11) is 0. The molecule has 0 aliphatic carbocycles. The van der Waals surface area contributed by atoms with Crippen molar-refractivity contribution in [2.45, 2.75) is 86.1 Å². The average molecular weight is 1120 g/mol. The number of aromatic nitrogens is 4. The Morgan fingerprint density at radius 1 is 0.530 bits per heavy atom. The summed E-state index contributed by atoms with van der Waals surface area (Å²) < 4.78 is 3.60. The maximum Gasteiger partial charge on any atom is 0.256 e. The van der Waals surface area contributed by atoms with Crippen molar-refractivity contribution < 1.29 is 14.4 Å². The first-order chi connectivity index (χ1) is 40.3. The topological polar surface area (TPSA) is 175 Å². The zero-order chi connectivity index (χ0) is 59.3. The molecule has 0 saturated carbocycles. The molecule has 0 atom stereocenters. The van der Waals surface area contributed by atoms with Crippen LogP contribution >= 0.6 is 11.6 Å². The summed E-state index contributed by atoms with van der Waals surface area (Å²) in [5, 5.41) is 20.3. The van der Waals surface area contributed by atoms with Gasteiger partial charge in [0, 0.05) is 46.5 Å². The van der Waals surface area contributed by atoms with Crippen LogP contribution in [0.25, 0.3) is 33.9 Å². The standard InChI is InChI=1S/C27H27N3O.C16H15N3.C11H13ClO.C9H7NO.C8H11N/c1-3-4-11-21-15-17-23(18-16-21)27(31)28-26-19-24(22-12-6-5-7-13-22)29-30(26)25-14-9-8-10-20(25)2;1-12-7-5-6-10-15(12)19-16(17)11-14(18-19)13-8-3-2-4-9-13;1-2-3-4-9-5-7-10(8-6-9)11(12)13;10-7-6-9(11)8-4-2-1-3-5-8;1-7-4-2-3-5-8(7)6-9/h5-10,12-19H,3-4,11H2,1-2H3,(H,28,31);2-11H,17H2,1H3;5-8H,2-4H2,1H3;1-5H,6H2;2-5H,6,9H2,1H3. The van der Waals surface area contributed by atoms with Crippen LogP contribution < -0.4 is 16.8 Å². The molecular formula is C71H73ClN8O3. The van der Waals surface area contributed by atoms with Crippen LogP contribution in [0.4, 0.5) is 11.6 Å². The molecule has 8 aromatic carbocycles. The fraction of sp³-hybridized carbons (Fsp3) is 0.183. The second-order valence-electron chi connectivity index (χ2n) is 19.6. The van der Waals surface area contributed by atoms with Crippen LogP contribution in [0.15, 0.2) is 224 Å². The van der Waals surface area contributed by atoms with Crippen molar-refractivity contribution in [3.8, 4) is 40.0 Å². The van der Waals surface area contributed by atoms with Crippen LogP contribution in [-0.4, -0.2) is 36.5 Å². The molecule has 0 aliphatic heterocycles. The number of carbonyl (C=O) groups excluding carboxylic acids is 3. The fourth-order valence-corrected chi connectivity index (χ4v) is 8.68. The summed E-state index contributed by atoms with van der Waals surface area (Å²) in [5.41, 5.74) is 26.4. The number of nitrogens with one attached hydrogen (secondary N) is 1. The van der Waals surface area contributed by atoms with E-state index in [9.17, 15) is 14.4 Å². The van der Waals surface area contributed by atoms with E-state index in [1.54, 1.807) is 41.1 Å². The number of hydrogen-bond acceptors (Lipinski definition) is 8. The number of ketones is 1. The molecule has 0 radical (unpaired) electrons. The number of nitrogens with two attached hydrogens (primary N) is 2. The Balaban J connectivity index is 0.000000181. The van der Waals surface area contributed by atoms with Crippen LogP contribution in [-0.2, 0) is 19.4 Å². The first kappa shape index (κ1) is 62.7. The molecule has 2 heterocycles. The lowest BCUT2D eigenvalue weighted by atomic mass is 10.1. The highest BCUT2D eigenvalue weighted by Gasteiger charge is 2.17. The van der Waals surface area contributed by atoms with Gasteiger partial charge in [0.15, 0.2) is 5.78 Å². The predicted octanol–water partition coefficient (Wildman–Crippen LogP) is 16.5. The molecule has 0 unspecified atom stereocenters. The number of carbonyl (C=O) groups is 3. The summed E-state index contributed by atoms with van der Waals surface area (Å²) in [6.07, 6.45) is 6.78. The van der Waals surface area contributed by atoms with Crippen molar-refractivity contribution in [3.05, 3.63) is 275 Å². The number of halogens is 1. The number of aryl methyl sites for hydroxylation is 5. The zero-order valence-corrected chi connectivity index (χ0v) is 48.8. The van der Waals surface area contributed by atoms with Gasteiger partial charge in [-0.3, -0.25) is 14.4 Å². The highest BCUT2D eigenvalue weighted by atomic mass is 35.5. The summed E-state index contributed by atoms with van der Waals surface area (Å²) >= 11 is 5.32. The van der Waals surface area contributed by atoms with Gasteiger partial charge in [0.1, 0.15) is 11.6 Å². The fourth-order valence-electron chi connectivity index (χ4n) is 8.56. The Bertz CT molecular complexity index is 3650. The van der Waals surface area contributed by atoms with E-state index in [2.05, 4.69) is 56.3 Å². The molecule has 11 nitrogen and oxygen atoms in total. The predicted molar refractivity (Wildman–Crippen MR) is 340 cm³/mol. The average Bonchev–Trinajstić information content (AvgIpc) is 4.37. The van der Waals surface area contributed by atoms with E-state index in [4.69, 9.17) is 33.4 Å². The van der Waals surface area contributed by atoms with Crippen LogP contribution in [0.2, 0.25) is 0 Å². The molecule has 1 amide bonds. The molecule has 0 bridgehead atoms. The highest BCUT2D eigenvalue weighted by molar-refractivity contribution is 6.67. The minimum atomic E-state index is -0.387. The maximum absolute atomic E-state index is 13.0. The third kappa shape index (κ3) is 19.4. The Labute approximate surface area is 494 Å². The SMILES string of the molecule is CCCCc1ccc(C(=O)Cl)cc1.CCCCc1ccc(C(=O)Nc2cc(-c3ccccc3)nn2-c2ccccc2C)cc1.Cc1ccccc1-n1nc(-c2ccccc2)cc1N.Cc1ccccc1CN.N#CCC(=O)c1ccccc1. The smallest absolute Gasteiger partial charge is 0.256 e. The van der Waals surface area contributed by atoms with Crippen molar-refractivity contribution in [1.29, 1.82) is 5.26 Å². The third-order valence-corrected chi connectivity index (χ3v) is 13.6. The van der Waals surface area contributed by atoms with Crippen LogP contribution in [0.5, 0.6) is 0 Å². The lowest BCUT2D eigenvalue weighted by molar-refractivity contribution is 0.0995. The molecule has 5 N–H and O–H groups in total. The second kappa shape index (κ2) is 33.3. The second-order valence-corrected chi connectivity index (χ2v) is 19.9. The number of unbranched alkanes of at least 4 members (excludes halogenated alkanes) is 2. The summed E-state index contributed by atoms with van der Waals surface area (Å²) in [4.78, 5) is 34.8. The number of amides is 1. The summed E-state index contributed by atoms with van der Waals surface area (Å²) in [5.74, 6) is 1.03. The largest absolute Gasteiger partial charge is 0.384 e. The minimum Gasteiger partial charge on any atom is -0.384 e. The van der Waals surface area contributed by atoms with Crippen LogP contribution in [0.1, 0.15) is 110 Å². The van der Waals surface area contributed by atoms with Gasteiger partial charge in [-0.1, -0.05) is 203 Å². The first-order valence-electron chi connectivity index (χ1n) is 27.9. The van der Waals surface area contributed by atoms with Crippen molar-refractivity contribution in [2.24, 2.45) is 5.73 Å². The van der Waals surface area contributed by atoms with Gasteiger partial charge in [-0.15, -0.1) is 0 Å². The Kier molecular flexibility index (Phi) is 25.2. The monoisotopic (exact) mass is 1120 g/mol. The lowest BCUT2D eigenvalue weighted by Crippen LogP contribution is -2.15. The van der Waals surface area contributed by atoms with Crippen molar-refractivity contribution in [3.63, 3.8) is 0 Å². The van der Waals surface area contributed by atoms with E-state index in [1.807, 2.05) is 188 Å². The molecule has 12 heteroatoms. The third-order valence-electron chi connectivity index (χ3n) is 13.4.